The minimum absolute atomic E-state index is 0.0641. The van der Waals surface area contributed by atoms with Crippen molar-refractivity contribution in [2.45, 2.75) is 57.1 Å². The van der Waals surface area contributed by atoms with Gasteiger partial charge in [-0.1, -0.05) is 26.0 Å². The number of rotatable bonds is 13. The number of anilines is 1. The summed E-state index contributed by atoms with van der Waals surface area (Å²) in [6.45, 7) is 4.77. The van der Waals surface area contributed by atoms with E-state index in [1.54, 1.807) is 6.92 Å². The molecule has 0 saturated heterocycles. The lowest BCUT2D eigenvalue weighted by molar-refractivity contribution is -0.140. The van der Waals surface area contributed by atoms with Gasteiger partial charge in [-0.25, -0.2) is 17.2 Å². The van der Waals surface area contributed by atoms with Crippen LogP contribution in [0.3, 0.4) is 0 Å². The van der Waals surface area contributed by atoms with Crippen molar-refractivity contribution in [3.63, 3.8) is 0 Å². The smallest absolute Gasteiger partial charge is 0.264 e. The maximum Gasteiger partial charge on any atom is 0.264 e. The van der Waals surface area contributed by atoms with Crippen LogP contribution in [0.4, 0.5) is 14.5 Å². The van der Waals surface area contributed by atoms with Crippen molar-refractivity contribution in [2.24, 2.45) is 0 Å². The fourth-order valence-corrected chi connectivity index (χ4v) is 5.57. The molecule has 0 aliphatic rings. The monoisotopic (exact) mass is 587 g/mol. The molecule has 8 nitrogen and oxygen atoms in total. The number of hydrogen-bond acceptors (Lipinski definition) is 5. The molecule has 3 rings (SSSR count). The lowest BCUT2D eigenvalue weighted by Gasteiger charge is -2.33. The molecule has 1 N–H and O–H groups in total. The Morgan fingerprint density at radius 1 is 0.878 bits per heavy atom. The Bertz CT molecular complexity index is 1420. The summed E-state index contributed by atoms with van der Waals surface area (Å²) in [4.78, 5) is 28.4. The van der Waals surface area contributed by atoms with E-state index in [1.807, 2.05) is 13.8 Å². The van der Waals surface area contributed by atoms with E-state index in [9.17, 15) is 26.8 Å². The molecule has 11 heteroatoms. The first-order valence-electron chi connectivity index (χ1n) is 13.3. The van der Waals surface area contributed by atoms with E-state index < -0.39 is 40.2 Å². The van der Waals surface area contributed by atoms with Crippen LogP contribution in [-0.2, 0) is 26.2 Å². The summed E-state index contributed by atoms with van der Waals surface area (Å²) in [7, 11) is -2.87. The van der Waals surface area contributed by atoms with Crippen molar-refractivity contribution in [2.75, 3.05) is 18.0 Å². The molecule has 0 aliphatic heterocycles. The number of ether oxygens (including phenoxy) is 1. The van der Waals surface area contributed by atoms with Gasteiger partial charge in [0.05, 0.1) is 17.7 Å². The third-order valence-electron chi connectivity index (χ3n) is 6.69. The number of halogens is 2. The molecular formula is C30H35F2N3O5S. The van der Waals surface area contributed by atoms with Crippen molar-refractivity contribution in [1.82, 2.24) is 10.2 Å². The highest BCUT2D eigenvalue weighted by Gasteiger charge is 2.34. The molecule has 2 amide bonds. The summed E-state index contributed by atoms with van der Waals surface area (Å²) in [5, 5.41) is 2.89. The Kier molecular flexibility index (Phi) is 10.8. The van der Waals surface area contributed by atoms with Gasteiger partial charge in [-0.2, -0.15) is 0 Å². The molecule has 41 heavy (non-hydrogen) atoms. The SMILES string of the molecule is CC[C@@H](C)NC(=O)[C@@H](CC)N(Cc1ccc(F)cc1)C(=O)CN(c1ccc(F)cc1)S(=O)(=O)c1ccc(OC)cc1. The van der Waals surface area contributed by atoms with E-state index in [0.717, 1.165) is 16.4 Å². The van der Waals surface area contributed by atoms with Gasteiger partial charge in [-0.3, -0.25) is 13.9 Å². The van der Waals surface area contributed by atoms with Crippen LogP contribution in [-0.4, -0.2) is 50.9 Å². The van der Waals surface area contributed by atoms with Crippen molar-refractivity contribution in [3.8, 4) is 5.75 Å². The molecule has 0 fully saturated rings. The van der Waals surface area contributed by atoms with Crippen molar-refractivity contribution in [3.05, 3.63) is 90.0 Å². The molecular weight excluding hydrogens is 552 g/mol. The highest BCUT2D eigenvalue weighted by atomic mass is 32.2. The summed E-state index contributed by atoms with van der Waals surface area (Å²) in [5.74, 6) is -1.64. The first kappa shape index (κ1) is 31.5. The van der Waals surface area contributed by atoms with Crippen LogP contribution in [0.15, 0.2) is 77.7 Å². The molecule has 0 heterocycles. The van der Waals surface area contributed by atoms with Crippen LogP contribution in [0.1, 0.15) is 39.2 Å². The van der Waals surface area contributed by atoms with E-state index in [1.165, 1.54) is 72.7 Å². The van der Waals surface area contributed by atoms with Crippen LogP contribution < -0.4 is 14.4 Å². The third kappa shape index (κ3) is 8.03. The van der Waals surface area contributed by atoms with Crippen LogP contribution in [0.25, 0.3) is 0 Å². The summed E-state index contributed by atoms with van der Waals surface area (Å²) >= 11 is 0. The van der Waals surface area contributed by atoms with Gasteiger partial charge in [0.2, 0.25) is 11.8 Å². The van der Waals surface area contributed by atoms with E-state index in [2.05, 4.69) is 5.32 Å². The molecule has 0 radical (unpaired) electrons. The maximum absolute atomic E-state index is 14.0. The Morgan fingerprint density at radius 2 is 1.44 bits per heavy atom. The molecule has 3 aromatic carbocycles. The van der Waals surface area contributed by atoms with Crippen LogP contribution >= 0.6 is 0 Å². The number of carbonyl (C=O) groups excluding carboxylic acids is 2. The highest BCUT2D eigenvalue weighted by molar-refractivity contribution is 7.92. The van der Waals surface area contributed by atoms with Crippen molar-refractivity contribution in [1.29, 1.82) is 0 Å². The van der Waals surface area contributed by atoms with E-state index >= 15 is 0 Å². The van der Waals surface area contributed by atoms with Gasteiger partial charge < -0.3 is 15.0 Å². The van der Waals surface area contributed by atoms with Crippen molar-refractivity contribution < 1.29 is 31.5 Å². The van der Waals surface area contributed by atoms with Gasteiger partial charge in [0.15, 0.2) is 0 Å². The van der Waals surface area contributed by atoms with E-state index in [4.69, 9.17) is 4.74 Å². The number of nitrogens with one attached hydrogen (secondary N) is 1. The zero-order valence-electron chi connectivity index (χ0n) is 23.5. The molecule has 0 aliphatic carbocycles. The molecule has 0 aromatic heterocycles. The standard InChI is InChI=1S/C30H35F2N3O5S/c1-5-21(3)33-30(37)28(6-2)34(19-22-7-9-23(31)10-8-22)29(36)20-35(25-13-11-24(32)12-14-25)41(38,39)27-17-15-26(40-4)16-18-27/h7-18,21,28H,5-6,19-20H2,1-4H3,(H,33,37)/t21-,28-/m1/s1. The summed E-state index contributed by atoms with van der Waals surface area (Å²) in [6.07, 6.45) is 0.920. The summed E-state index contributed by atoms with van der Waals surface area (Å²) < 4.78 is 61.0. The second-order valence-electron chi connectivity index (χ2n) is 9.55. The minimum Gasteiger partial charge on any atom is -0.497 e. The predicted molar refractivity (Wildman–Crippen MR) is 153 cm³/mol. The second-order valence-corrected chi connectivity index (χ2v) is 11.4. The van der Waals surface area contributed by atoms with E-state index in [0.29, 0.717) is 17.7 Å². The highest BCUT2D eigenvalue weighted by Crippen LogP contribution is 2.26. The van der Waals surface area contributed by atoms with Gasteiger partial charge in [-0.15, -0.1) is 0 Å². The summed E-state index contributed by atoms with van der Waals surface area (Å²) in [6, 6.07) is 14.8. The lowest BCUT2D eigenvalue weighted by Crippen LogP contribution is -2.53. The van der Waals surface area contributed by atoms with Crippen LogP contribution in [0.5, 0.6) is 5.75 Å². The lowest BCUT2D eigenvalue weighted by atomic mass is 10.1. The normalized spacial score (nSPS) is 12.7. The maximum atomic E-state index is 14.0. The fraction of sp³-hybridized carbons (Fsp3) is 0.333. The van der Waals surface area contributed by atoms with E-state index in [-0.39, 0.29) is 35.5 Å². The van der Waals surface area contributed by atoms with Gasteiger partial charge in [0, 0.05) is 12.6 Å². The predicted octanol–water partition coefficient (Wildman–Crippen LogP) is 4.89. The fourth-order valence-electron chi connectivity index (χ4n) is 4.16. The first-order valence-corrected chi connectivity index (χ1v) is 14.7. The Labute approximate surface area is 240 Å². The number of nitrogens with zero attached hydrogens (tertiary/aromatic N) is 2. The average molecular weight is 588 g/mol. The Morgan fingerprint density at radius 3 is 1.95 bits per heavy atom. The van der Waals surface area contributed by atoms with Gasteiger partial charge in [-0.05, 0) is 86.0 Å². The number of hydrogen-bond donors (Lipinski definition) is 1. The Balaban J connectivity index is 2.05. The minimum atomic E-state index is -4.32. The quantitative estimate of drug-likeness (QED) is 0.307. The Hall–Kier alpha value is -3.99. The first-order chi connectivity index (χ1) is 19.5. The average Bonchev–Trinajstić information content (AvgIpc) is 2.97. The second kappa shape index (κ2) is 14.1. The number of amides is 2. The molecule has 0 unspecified atom stereocenters. The number of carbonyl (C=O) groups is 2. The molecule has 2 atom stereocenters. The van der Waals surface area contributed by atoms with Gasteiger partial charge in [0.1, 0.15) is 30.0 Å². The van der Waals surface area contributed by atoms with Crippen LogP contribution in [0, 0.1) is 11.6 Å². The topological polar surface area (TPSA) is 96.0 Å². The van der Waals surface area contributed by atoms with Crippen LogP contribution in [0.2, 0.25) is 0 Å². The van der Waals surface area contributed by atoms with Crippen molar-refractivity contribution >= 4 is 27.5 Å². The number of sulfonamides is 1. The molecule has 0 bridgehead atoms. The molecule has 0 spiro atoms. The third-order valence-corrected chi connectivity index (χ3v) is 8.48. The molecule has 220 valence electrons. The van der Waals surface area contributed by atoms with Gasteiger partial charge in [0.25, 0.3) is 10.0 Å². The zero-order chi connectivity index (χ0) is 30.2. The van der Waals surface area contributed by atoms with Gasteiger partial charge >= 0.3 is 0 Å². The largest absolute Gasteiger partial charge is 0.497 e. The summed E-state index contributed by atoms with van der Waals surface area (Å²) in [5.41, 5.74) is 0.621. The molecule has 0 saturated carbocycles. The number of benzene rings is 3. The zero-order valence-corrected chi connectivity index (χ0v) is 24.3. The molecule has 3 aromatic rings. The number of methoxy groups -OCH3 is 1.